The molecule has 0 saturated carbocycles. The summed E-state index contributed by atoms with van der Waals surface area (Å²) < 4.78 is 5.68. The standard InChI is InChI=1S/C40H46N6O5/c1-40(2,36(29-10-5-4-6-11-29)39(50)46-19-17-27(18-20-46)25-35(47)48)43-38(49)31-15-13-30(26-33(31)51-3)37(41)45-23-21-44(22-24-45)34-16-14-28-9-7-8-12-32(28)42-34/h4-16,26-27,36,41H,17-25H2,1-3H3,(H,43,49)(H,47,48). The van der Waals surface area contributed by atoms with Crippen LogP contribution in [0.15, 0.2) is 84.9 Å². The smallest absolute Gasteiger partial charge is 0.303 e. The second-order valence-corrected chi connectivity index (χ2v) is 14.0. The Morgan fingerprint density at radius 3 is 2.27 bits per heavy atom. The minimum atomic E-state index is -0.997. The number of methoxy groups -OCH3 is 1. The highest BCUT2D eigenvalue weighted by Gasteiger charge is 2.41. The normalized spacial score (nSPS) is 16.1. The Balaban J connectivity index is 1.13. The highest BCUT2D eigenvalue weighted by atomic mass is 16.5. The first-order valence-corrected chi connectivity index (χ1v) is 17.5. The number of para-hydroxylation sites is 1. The van der Waals surface area contributed by atoms with Crippen molar-refractivity contribution >= 4 is 40.3 Å². The monoisotopic (exact) mass is 690 g/mol. The van der Waals surface area contributed by atoms with Gasteiger partial charge < -0.3 is 29.9 Å². The van der Waals surface area contributed by atoms with E-state index in [0.717, 1.165) is 35.4 Å². The third-order valence-corrected chi connectivity index (χ3v) is 10.1. The largest absolute Gasteiger partial charge is 0.496 e. The van der Waals surface area contributed by atoms with Crippen LogP contribution in [-0.2, 0) is 9.59 Å². The molecule has 3 aromatic carbocycles. The summed E-state index contributed by atoms with van der Waals surface area (Å²) in [5.74, 6) is -0.325. The van der Waals surface area contributed by atoms with Crippen molar-refractivity contribution in [3.63, 3.8) is 0 Å². The number of nitrogens with zero attached hydrogens (tertiary/aromatic N) is 4. The summed E-state index contributed by atoms with van der Waals surface area (Å²) in [6, 6.07) is 26.8. The number of anilines is 1. The summed E-state index contributed by atoms with van der Waals surface area (Å²) in [5, 5.41) is 22.5. The Hall–Kier alpha value is -5.45. The van der Waals surface area contributed by atoms with Crippen molar-refractivity contribution in [3.8, 4) is 5.75 Å². The molecule has 266 valence electrons. The molecule has 2 aliphatic rings. The number of amides is 2. The first-order valence-electron chi connectivity index (χ1n) is 17.5. The van der Waals surface area contributed by atoms with Crippen molar-refractivity contribution in [1.29, 1.82) is 5.41 Å². The van der Waals surface area contributed by atoms with Gasteiger partial charge in [0, 0.05) is 56.6 Å². The summed E-state index contributed by atoms with van der Waals surface area (Å²) in [7, 11) is 1.50. The average molecular weight is 691 g/mol. The van der Waals surface area contributed by atoms with Crippen LogP contribution in [0.2, 0.25) is 0 Å². The molecule has 0 bridgehead atoms. The number of hydrogen-bond acceptors (Lipinski definition) is 7. The lowest BCUT2D eigenvalue weighted by Gasteiger charge is -2.40. The molecular formula is C40H46N6O5. The van der Waals surface area contributed by atoms with Gasteiger partial charge >= 0.3 is 5.97 Å². The number of carbonyl (C=O) groups is 3. The number of carboxylic acid groups (broad SMARTS) is 1. The maximum atomic E-state index is 14.1. The zero-order valence-corrected chi connectivity index (χ0v) is 29.5. The number of piperidine rings is 1. The van der Waals surface area contributed by atoms with Gasteiger partial charge in [-0.15, -0.1) is 0 Å². The van der Waals surface area contributed by atoms with E-state index in [1.54, 1.807) is 23.1 Å². The van der Waals surface area contributed by atoms with Crippen molar-refractivity contribution < 1.29 is 24.2 Å². The quantitative estimate of drug-likeness (QED) is 0.149. The fourth-order valence-corrected chi connectivity index (χ4v) is 7.33. The van der Waals surface area contributed by atoms with Gasteiger partial charge in [-0.25, -0.2) is 4.98 Å². The van der Waals surface area contributed by atoms with Crippen LogP contribution >= 0.6 is 0 Å². The van der Waals surface area contributed by atoms with Gasteiger partial charge in [0.25, 0.3) is 5.91 Å². The third kappa shape index (κ3) is 7.98. The van der Waals surface area contributed by atoms with Gasteiger partial charge in [0.2, 0.25) is 5.91 Å². The number of piperazine rings is 1. The molecule has 2 saturated heterocycles. The van der Waals surface area contributed by atoms with E-state index in [2.05, 4.69) is 22.3 Å². The highest BCUT2D eigenvalue weighted by molar-refractivity contribution is 6.02. The minimum Gasteiger partial charge on any atom is -0.496 e. The second kappa shape index (κ2) is 15.2. The predicted molar refractivity (Wildman–Crippen MR) is 198 cm³/mol. The topological polar surface area (TPSA) is 139 Å². The minimum absolute atomic E-state index is 0.0450. The maximum Gasteiger partial charge on any atom is 0.303 e. The summed E-state index contributed by atoms with van der Waals surface area (Å²) in [6.45, 7) is 7.39. The fourth-order valence-electron chi connectivity index (χ4n) is 7.33. The first-order chi connectivity index (χ1) is 24.5. The van der Waals surface area contributed by atoms with E-state index in [4.69, 9.17) is 15.1 Å². The van der Waals surface area contributed by atoms with E-state index in [1.807, 2.05) is 73.3 Å². The SMILES string of the molecule is COc1cc(C(=N)N2CCN(c3ccc4ccccc4n3)CC2)ccc1C(=O)NC(C)(C)C(C(=O)N1CCC(CC(=O)O)CC1)c1ccccc1. The molecule has 2 amide bonds. The number of benzene rings is 3. The molecule has 51 heavy (non-hydrogen) atoms. The zero-order valence-electron chi connectivity index (χ0n) is 29.5. The zero-order chi connectivity index (χ0) is 36.1. The lowest BCUT2D eigenvalue weighted by molar-refractivity contribution is -0.139. The van der Waals surface area contributed by atoms with Crippen LogP contribution in [0, 0.1) is 11.3 Å². The predicted octanol–water partition coefficient (Wildman–Crippen LogP) is 5.40. The summed E-state index contributed by atoms with van der Waals surface area (Å²) in [5.41, 5.74) is 1.70. The summed E-state index contributed by atoms with van der Waals surface area (Å²) >= 11 is 0. The number of carbonyl (C=O) groups excluding carboxylic acids is 2. The average Bonchev–Trinajstić information content (AvgIpc) is 3.14. The number of fused-ring (bicyclic) bond motifs is 1. The highest BCUT2D eigenvalue weighted by Crippen LogP contribution is 2.33. The van der Waals surface area contributed by atoms with Gasteiger partial charge in [-0.05, 0) is 68.5 Å². The number of amidine groups is 1. The Morgan fingerprint density at radius 2 is 1.59 bits per heavy atom. The van der Waals surface area contributed by atoms with Gasteiger partial charge in [-0.1, -0.05) is 54.6 Å². The molecule has 11 heteroatoms. The van der Waals surface area contributed by atoms with Crippen molar-refractivity contribution in [2.24, 2.45) is 5.92 Å². The van der Waals surface area contributed by atoms with Gasteiger partial charge in [-0.3, -0.25) is 19.8 Å². The van der Waals surface area contributed by atoms with Crippen LogP contribution in [0.25, 0.3) is 10.9 Å². The number of rotatable bonds is 10. The molecule has 11 nitrogen and oxygen atoms in total. The molecule has 0 aliphatic carbocycles. The molecule has 3 heterocycles. The van der Waals surface area contributed by atoms with E-state index >= 15 is 0 Å². The fraction of sp³-hybridized carbons (Fsp3) is 0.375. The van der Waals surface area contributed by atoms with Gasteiger partial charge in [-0.2, -0.15) is 0 Å². The number of hydrogen-bond donors (Lipinski definition) is 3. The molecule has 3 N–H and O–H groups in total. The van der Waals surface area contributed by atoms with Gasteiger partial charge in [0.05, 0.1) is 29.6 Å². The second-order valence-electron chi connectivity index (χ2n) is 14.0. The Kier molecular flexibility index (Phi) is 10.5. The molecule has 1 atom stereocenters. The van der Waals surface area contributed by atoms with E-state index in [-0.39, 0.29) is 24.2 Å². The van der Waals surface area contributed by atoms with Gasteiger partial charge in [0.15, 0.2) is 0 Å². The number of ether oxygens (including phenoxy) is 1. The first kappa shape index (κ1) is 35.4. The van der Waals surface area contributed by atoms with E-state index in [9.17, 15) is 19.5 Å². The number of likely N-dealkylation sites (tertiary alicyclic amines) is 1. The summed E-state index contributed by atoms with van der Waals surface area (Å²) in [6.07, 6.45) is 1.36. The third-order valence-electron chi connectivity index (χ3n) is 10.1. The number of nitrogens with one attached hydrogen (secondary N) is 2. The van der Waals surface area contributed by atoms with Crippen LogP contribution in [0.3, 0.4) is 0 Å². The molecule has 4 aromatic rings. The van der Waals surface area contributed by atoms with E-state index in [0.29, 0.717) is 61.7 Å². The lowest BCUT2D eigenvalue weighted by Crippen LogP contribution is -2.54. The van der Waals surface area contributed by atoms with Crippen LogP contribution in [-0.4, -0.2) is 95.4 Å². The molecule has 2 fully saturated rings. The van der Waals surface area contributed by atoms with Crippen molar-refractivity contribution in [2.45, 2.75) is 44.6 Å². The van der Waals surface area contributed by atoms with Crippen LogP contribution in [0.4, 0.5) is 5.82 Å². The molecule has 0 radical (unpaired) electrons. The lowest BCUT2D eigenvalue weighted by atomic mass is 9.79. The molecule has 6 rings (SSSR count). The molecule has 2 aliphatic heterocycles. The van der Waals surface area contributed by atoms with Crippen LogP contribution in [0.5, 0.6) is 5.75 Å². The Morgan fingerprint density at radius 1 is 0.902 bits per heavy atom. The van der Waals surface area contributed by atoms with Crippen molar-refractivity contribution in [3.05, 3.63) is 102 Å². The Bertz CT molecular complexity index is 1900. The number of aromatic nitrogens is 1. The van der Waals surface area contributed by atoms with E-state index < -0.39 is 17.4 Å². The number of pyridine rings is 1. The maximum absolute atomic E-state index is 14.1. The molecule has 1 aromatic heterocycles. The van der Waals surface area contributed by atoms with E-state index in [1.165, 1.54) is 7.11 Å². The van der Waals surface area contributed by atoms with Gasteiger partial charge in [0.1, 0.15) is 17.4 Å². The van der Waals surface area contributed by atoms with Crippen LogP contribution in [0.1, 0.15) is 60.5 Å². The number of aliphatic carboxylic acids is 1. The Labute approximate surface area is 298 Å². The van der Waals surface area contributed by atoms with Crippen molar-refractivity contribution in [2.75, 3.05) is 51.3 Å². The van der Waals surface area contributed by atoms with Crippen LogP contribution < -0.4 is 15.0 Å². The van der Waals surface area contributed by atoms with Crippen molar-refractivity contribution in [1.82, 2.24) is 20.1 Å². The number of carboxylic acids is 1. The molecule has 0 spiro atoms. The summed E-state index contributed by atoms with van der Waals surface area (Å²) in [4.78, 5) is 50.2. The molecular weight excluding hydrogens is 644 g/mol. The molecule has 1 unspecified atom stereocenters.